The molecule has 2 amide bonds. The molecule has 2 aliphatic rings. The van der Waals surface area contributed by atoms with Gasteiger partial charge in [0.1, 0.15) is 17.3 Å². The molecule has 1 spiro atoms. The number of aliphatic carboxylic acids is 1. The Morgan fingerprint density at radius 1 is 1.44 bits per heavy atom. The number of likely N-dealkylation sites (N-methyl/N-ethyl adjacent to an activating group) is 1. The van der Waals surface area contributed by atoms with Crippen molar-refractivity contribution in [2.24, 2.45) is 5.92 Å². The van der Waals surface area contributed by atoms with Gasteiger partial charge in [-0.15, -0.1) is 6.58 Å². The van der Waals surface area contributed by atoms with Crippen LogP contribution in [-0.4, -0.2) is 51.8 Å². The minimum atomic E-state index is -1.13. The standard InChI is InChI=1S/C20H26N2O5/c1-3-4-9-16(23)22-17(15-8-7-12-27-15)14(18(24)25)13-20(22)10-5-6-11-21(2)19(20)26/h3,7-8,12,14,17H,1,4-6,9-11,13H2,2H3,(H,24,25)/t14-,17+,20-/m0/s1. The SMILES string of the molecule is C=CCCC(=O)N1[C@@H](c2ccco2)[C@@H](C(=O)O)C[C@]12CCCCN(C)C2=O. The minimum Gasteiger partial charge on any atom is -0.481 e. The molecule has 0 aromatic carbocycles. The summed E-state index contributed by atoms with van der Waals surface area (Å²) in [6.45, 7) is 4.27. The lowest BCUT2D eigenvalue weighted by Gasteiger charge is -2.40. The van der Waals surface area contributed by atoms with E-state index in [1.807, 2.05) is 0 Å². The lowest BCUT2D eigenvalue weighted by Crippen LogP contribution is -2.57. The highest BCUT2D eigenvalue weighted by Crippen LogP contribution is 2.51. The third-order valence-electron chi connectivity index (χ3n) is 5.74. The Morgan fingerprint density at radius 2 is 2.22 bits per heavy atom. The van der Waals surface area contributed by atoms with E-state index < -0.39 is 23.5 Å². The zero-order valence-corrected chi connectivity index (χ0v) is 15.6. The largest absolute Gasteiger partial charge is 0.481 e. The van der Waals surface area contributed by atoms with E-state index in [1.165, 1.54) is 11.2 Å². The molecule has 2 saturated heterocycles. The Hall–Kier alpha value is -2.57. The van der Waals surface area contributed by atoms with E-state index in [4.69, 9.17) is 4.42 Å². The second-order valence-electron chi connectivity index (χ2n) is 7.42. The van der Waals surface area contributed by atoms with E-state index in [2.05, 4.69) is 6.58 Å². The van der Waals surface area contributed by atoms with Crippen molar-refractivity contribution < 1.29 is 23.9 Å². The number of amides is 2. The fourth-order valence-corrected chi connectivity index (χ4v) is 4.51. The average Bonchev–Trinajstić information content (AvgIpc) is 3.25. The molecular weight excluding hydrogens is 348 g/mol. The van der Waals surface area contributed by atoms with Gasteiger partial charge in [-0.2, -0.15) is 0 Å². The molecule has 0 aliphatic carbocycles. The number of rotatable bonds is 5. The van der Waals surface area contributed by atoms with Gasteiger partial charge in [0.2, 0.25) is 11.8 Å². The van der Waals surface area contributed by atoms with Gasteiger partial charge in [0.05, 0.1) is 12.2 Å². The van der Waals surface area contributed by atoms with Gasteiger partial charge in [0.15, 0.2) is 0 Å². The number of hydrogen-bond acceptors (Lipinski definition) is 4. The molecule has 3 atom stereocenters. The zero-order chi connectivity index (χ0) is 19.6. The Kier molecular flexibility index (Phi) is 5.39. The molecule has 0 bridgehead atoms. The topological polar surface area (TPSA) is 91.1 Å². The second kappa shape index (κ2) is 7.58. The summed E-state index contributed by atoms with van der Waals surface area (Å²) in [5.41, 5.74) is -1.13. The summed E-state index contributed by atoms with van der Waals surface area (Å²) in [7, 11) is 1.72. The summed E-state index contributed by atoms with van der Waals surface area (Å²) in [5, 5.41) is 9.87. The van der Waals surface area contributed by atoms with Gasteiger partial charge in [0, 0.05) is 20.0 Å². The van der Waals surface area contributed by atoms with Crippen molar-refractivity contribution in [2.75, 3.05) is 13.6 Å². The summed E-state index contributed by atoms with van der Waals surface area (Å²) >= 11 is 0. The lowest BCUT2D eigenvalue weighted by molar-refractivity contribution is -0.153. The van der Waals surface area contributed by atoms with Crippen molar-refractivity contribution in [3.63, 3.8) is 0 Å². The molecule has 1 aromatic heterocycles. The molecule has 0 radical (unpaired) electrons. The number of carbonyl (C=O) groups is 3. The number of allylic oxidation sites excluding steroid dienone is 1. The Bertz CT molecular complexity index is 729. The highest BCUT2D eigenvalue weighted by Gasteiger charge is 2.61. The van der Waals surface area contributed by atoms with Crippen LogP contribution in [0.5, 0.6) is 0 Å². The van der Waals surface area contributed by atoms with E-state index in [0.717, 1.165) is 12.8 Å². The first-order valence-corrected chi connectivity index (χ1v) is 9.37. The number of carboxylic acid groups (broad SMARTS) is 1. The van der Waals surface area contributed by atoms with Crippen molar-refractivity contribution in [3.05, 3.63) is 36.8 Å². The highest BCUT2D eigenvalue weighted by molar-refractivity contribution is 5.94. The van der Waals surface area contributed by atoms with Crippen LogP contribution in [0.25, 0.3) is 0 Å². The fourth-order valence-electron chi connectivity index (χ4n) is 4.51. The quantitative estimate of drug-likeness (QED) is 0.800. The molecule has 3 heterocycles. The van der Waals surface area contributed by atoms with Crippen LogP contribution in [0.2, 0.25) is 0 Å². The smallest absolute Gasteiger partial charge is 0.309 e. The summed E-state index contributed by atoms with van der Waals surface area (Å²) in [4.78, 5) is 41.7. The summed E-state index contributed by atoms with van der Waals surface area (Å²) in [5.74, 6) is -1.91. The number of carbonyl (C=O) groups excluding carboxylic acids is 2. The molecule has 0 saturated carbocycles. The molecule has 7 nitrogen and oxygen atoms in total. The second-order valence-corrected chi connectivity index (χ2v) is 7.42. The van der Waals surface area contributed by atoms with Crippen molar-refractivity contribution in [3.8, 4) is 0 Å². The maximum absolute atomic E-state index is 13.3. The van der Waals surface area contributed by atoms with Crippen molar-refractivity contribution in [1.29, 1.82) is 0 Å². The monoisotopic (exact) mass is 374 g/mol. The molecule has 1 N–H and O–H groups in total. The van der Waals surface area contributed by atoms with E-state index in [9.17, 15) is 19.5 Å². The summed E-state index contributed by atoms with van der Waals surface area (Å²) in [6.07, 6.45) is 5.95. The van der Waals surface area contributed by atoms with Gasteiger partial charge in [-0.3, -0.25) is 14.4 Å². The third-order valence-corrected chi connectivity index (χ3v) is 5.74. The zero-order valence-electron chi connectivity index (χ0n) is 15.6. The van der Waals surface area contributed by atoms with Crippen molar-refractivity contribution in [1.82, 2.24) is 9.80 Å². The normalized spacial score (nSPS) is 28.4. The predicted molar refractivity (Wildman–Crippen MR) is 97.7 cm³/mol. The van der Waals surface area contributed by atoms with Gasteiger partial charge < -0.3 is 19.3 Å². The van der Waals surface area contributed by atoms with Crippen LogP contribution in [0.3, 0.4) is 0 Å². The molecule has 2 fully saturated rings. The number of carboxylic acids is 1. The first-order chi connectivity index (χ1) is 12.9. The van der Waals surface area contributed by atoms with Gasteiger partial charge in [-0.05, 0) is 44.2 Å². The van der Waals surface area contributed by atoms with Gasteiger partial charge in [-0.25, -0.2) is 0 Å². The van der Waals surface area contributed by atoms with Crippen LogP contribution in [0.4, 0.5) is 0 Å². The van der Waals surface area contributed by atoms with E-state index in [0.29, 0.717) is 25.1 Å². The third kappa shape index (κ3) is 3.26. The molecule has 146 valence electrons. The Morgan fingerprint density at radius 3 is 2.85 bits per heavy atom. The first-order valence-electron chi connectivity index (χ1n) is 9.37. The van der Waals surface area contributed by atoms with E-state index in [-0.39, 0.29) is 24.7 Å². The number of hydrogen-bond donors (Lipinski definition) is 1. The minimum absolute atomic E-state index is 0.108. The fraction of sp³-hybridized carbons (Fsp3) is 0.550. The Balaban J connectivity index is 2.12. The molecular formula is C20H26N2O5. The molecule has 7 heteroatoms. The van der Waals surface area contributed by atoms with Crippen LogP contribution < -0.4 is 0 Å². The van der Waals surface area contributed by atoms with Gasteiger partial charge in [-0.1, -0.05) is 6.08 Å². The number of likely N-dealkylation sites (tertiary alicyclic amines) is 2. The van der Waals surface area contributed by atoms with Crippen LogP contribution in [-0.2, 0) is 14.4 Å². The lowest BCUT2D eigenvalue weighted by atomic mass is 9.86. The molecule has 3 rings (SSSR count). The predicted octanol–water partition coefficient (Wildman–Crippen LogP) is 2.60. The van der Waals surface area contributed by atoms with Crippen LogP contribution in [0, 0.1) is 5.92 Å². The molecule has 27 heavy (non-hydrogen) atoms. The van der Waals surface area contributed by atoms with Crippen molar-refractivity contribution >= 4 is 17.8 Å². The summed E-state index contributed by atoms with van der Waals surface area (Å²) < 4.78 is 5.51. The van der Waals surface area contributed by atoms with Gasteiger partial charge in [0.25, 0.3) is 0 Å². The van der Waals surface area contributed by atoms with E-state index >= 15 is 0 Å². The first kappa shape index (κ1) is 19.2. The van der Waals surface area contributed by atoms with E-state index in [1.54, 1.807) is 30.2 Å². The molecule has 0 unspecified atom stereocenters. The molecule has 1 aromatic rings. The maximum Gasteiger partial charge on any atom is 0.309 e. The number of furan rings is 1. The highest BCUT2D eigenvalue weighted by atomic mass is 16.4. The van der Waals surface area contributed by atoms with Crippen LogP contribution in [0.1, 0.15) is 50.3 Å². The van der Waals surface area contributed by atoms with Crippen LogP contribution in [0.15, 0.2) is 35.5 Å². The maximum atomic E-state index is 13.3. The van der Waals surface area contributed by atoms with Crippen molar-refractivity contribution in [2.45, 2.75) is 50.1 Å². The van der Waals surface area contributed by atoms with Crippen LogP contribution >= 0.6 is 0 Å². The number of nitrogens with zero attached hydrogens (tertiary/aromatic N) is 2. The van der Waals surface area contributed by atoms with Gasteiger partial charge >= 0.3 is 5.97 Å². The molecule has 2 aliphatic heterocycles. The Labute approximate surface area is 158 Å². The average molecular weight is 374 g/mol. The summed E-state index contributed by atoms with van der Waals surface area (Å²) in [6, 6.07) is 2.57.